The van der Waals surface area contributed by atoms with E-state index in [0.29, 0.717) is 17.8 Å². The Kier molecular flexibility index (Phi) is 4.73. The number of anilines is 3. The summed E-state index contributed by atoms with van der Waals surface area (Å²) in [6.07, 6.45) is 0.962. The molecule has 2 heterocycles. The van der Waals surface area contributed by atoms with Gasteiger partial charge in [0.25, 0.3) is 0 Å². The van der Waals surface area contributed by atoms with Crippen LogP contribution in [0.4, 0.5) is 17.8 Å². The van der Waals surface area contributed by atoms with Crippen molar-refractivity contribution in [2.24, 2.45) is 0 Å². The molecule has 0 aliphatic heterocycles. The Morgan fingerprint density at radius 1 is 1.05 bits per heavy atom. The molecule has 2 rings (SSSR count). The van der Waals surface area contributed by atoms with E-state index >= 15 is 0 Å². The maximum absolute atomic E-state index is 4.40. The van der Waals surface area contributed by atoms with Gasteiger partial charge in [-0.3, -0.25) is 0 Å². The molecule has 6 nitrogen and oxygen atoms in total. The lowest BCUT2D eigenvalue weighted by atomic mass is 10.2. The second-order valence-corrected chi connectivity index (χ2v) is 5.64. The third kappa shape index (κ3) is 3.80. The van der Waals surface area contributed by atoms with Crippen LogP contribution in [0.5, 0.6) is 0 Å². The molecule has 7 heteroatoms. The summed E-state index contributed by atoms with van der Waals surface area (Å²) in [5.74, 6) is 1.92. The maximum Gasteiger partial charge on any atom is 0.231 e. The smallest absolute Gasteiger partial charge is 0.231 e. The zero-order valence-corrected chi connectivity index (χ0v) is 13.1. The van der Waals surface area contributed by atoms with Gasteiger partial charge in [-0.25, -0.2) is 0 Å². The van der Waals surface area contributed by atoms with Gasteiger partial charge in [-0.05, 0) is 28.8 Å². The standard InChI is InChI=1S/C13H20N6S/c1-18(2)12-15-11(16-13(17-12)19(3)4)14-7-5-10-6-8-20-9-10/h6,8-9H,5,7H2,1-4H3,(H,14,15,16,17). The first-order valence-electron chi connectivity index (χ1n) is 6.42. The lowest BCUT2D eigenvalue weighted by Gasteiger charge is -2.16. The van der Waals surface area contributed by atoms with Gasteiger partial charge in [-0.1, -0.05) is 0 Å². The summed E-state index contributed by atoms with van der Waals surface area (Å²) >= 11 is 1.72. The lowest BCUT2D eigenvalue weighted by molar-refractivity contribution is 0.900. The van der Waals surface area contributed by atoms with Crippen LogP contribution in [0.1, 0.15) is 5.56 Å². The Morgan fingerprint density at radius 2 is 1.70 bits per heavy atom. The van der Waals surface area contributed by atoms with E-state index in [4.69, 9.17) is 0 Å². The van der Waals surface area contributed by atoms with Gasteiger partial charge in [0.05, 0.1) is 0 Å². The Labute approximate surface area is 123 Å². The van der Waals surface area contributed by atoms with Crippen molar-refractivity contribution in [3.05, 3.63) is 22.4 Å². The van der Waals surface area contributed by atoms with Crippen LogP contribution < -0.4 is 15.1 Å². The van der Waals surface area contributed by atoms with E-state index in [1.165, 1.54) is 5.56 Å². The van der Waals surface area contributed by atoms with E-state index < -0.39 is 0 Å². The van der Waals surface area contributed by atoms with Gasteiger partial charge in [0.1, 0.15) is 0 Å². The molecular weight excluding hydrogens is 272 g/mol. The van der Waals surface area contributed by atoms with Gasteiger partial charge in [0.15, 0.2) is 0 Å². The topological polar surface area (TPSA) is 57.2 Å². The summed E-state index contributed by atoms with van der Waals surface area (Å²) in [6.45, 7) is 0.806. The lowest BCUT2D eigenvalue weighted by Crippen LogP contribution is -2.20. The summed E-state index contributed by atoms with van der Waals surface area (Å²) in [7, 11) is 7.68. The number of hydrogen-bond acceptors (Lipinski definition) is 7. The molecule has 0 saturated heterocycles. The predicted molar refractivity (Wildman–Crippen MR) is 85.0 cm³/mol. The normalized spacial score (nSPS) is 10.4. The molecule has 0 unspecified atom stereocenters. The fraction of sp³-hybridized carbons (Fsp3) is 0.462. The van der Waals surface area contributed by atoms with E-state index in [2.05, 4.69) is 37.1 Å². The molecule has 0 atom stereocenters. The second-order valence-electron chi connectivity index (χ2n) is 4.86. The van der Waals surface area contributed by atoms with Crippen molar-refractivity contribution in [2.75, 3.05) is 49.9 Å². The molecule has 0 radical (unpaired) electrons. The van der Waals surface area contributed by atoms with Gasteiger partial charge in [0, 0.05) is 34.7 Å². The monoisotopic (exact) mass is 292 g/mol. The molecule has 0 fully saturated rings. The molecule has 0 aliphatic rings. The van der Waals surface area contributed by atoms with Gasteiger partial charge in [-0.15, -0.1) is 0 Å². The minimum absolute atomic E-state index is 0.614. The summed E-state index contributed by atoms with van der Waals surface area (Å²) in [5, 5.41) is 7.51. The first-order chi connectivity index (χ1) is 9.56. The average Bonchev–Trinajstić information content (AvgIpc) is 2.91. The predicted octanol–water partition coefficient (Wildman–Crippen LogP) is 1.72. The van der Waals surface area contributed by atoms with E-state index in [1.54, 1.807) is 11.3 Å². The molecule has 0 spiro atoms. The van der Waals surface area contributed by atoms with Crippen molar-refractivity contribution >= 4 is 29.2 Å². The van der Waals surface area contributed by atoms with Crippen LogP contribution in [-0.4, -0.2) is 49.7 Å². The van der Waals surface area contributed by atoms with Gasteiger partial charge < -0.3 is 15.1 Å². The number of nitrogens with one attached hydrogen (secondary N) is 1. The molecule has 108 valence electrons. The molecule has 0 bridgehead atoms. The first-order valence-corrected chi connectivity index (χ1v) is 7.36. The van der Waals surface area contributed by atoms with Crippen molar-refractivity contribution < 1.29 is 0 Å². The Morgan fingerprint density at radius 3 is 2.20 bits per heavy atom. The van der Waals surface area contributed by atoms with Crippen LogP contribution in [0.15, 0.2) is 16.8 Å². The largest absolute Gasteiger partial charge is 0.354 e. The summed E-state index contributed by atoms with van der Waals surface area (Å²) in [5.41, 5.74) is 1.33. The third-order valence-electron chi connectivity index (χ3n) is 2.69. The second kappa shape index (κ2) is 6.51. The van der Waals surface area contributed by atoms with Gasteiger partial charge >= 0.3 is 0 Å². The van der Waals surface area contributed by atoms with Crippen LogP contribution in [-0.2, 0) is 6.42 Å². The van der Waals surface area contributed by atoms with Crippen LogP contribution in [0, 0.1) is 0 Å². The van der Waals surface area contributed by atoms with Crippen LogP contribution >= 0.6 is 11.3 Å². The molecule has 0 aliphatic carbocycles. The molecule has 2 aromatic heterocycles. The number of rotatable bonds is 6. The molecular formula is C13H20N6S. The Bertz CT molecular complexity index is 512. The molecule has 0 aromatic carbocycles. The number of hydrogen-bond donors (Lipinski definition) is 1. The highest BCUT2D eigenvalue weighted by Crippen LogP contribution is 2.13. The highest BCUT2D eigenvalue weighted by Gasteiger charge is 2.09. The number of aromatic nitrogens is 3. The fourth-order valence-electron chi connectivity index (χ4n) is 1.59. The Balaban J connectivity index is 2.06. The third-order valence-corrected chi connectivity index (χ3v) is 3.42. The van der Waals surface area contributed by atoms with Crippen LogP contribution in [0.3, 0.4) is 0 Å². The van der Waals surface area contributed by atoms with E-state index in [1.807, 2.05) is 38.0 Å². The Hall–Kier alpha value is -1.89. The molecule has 0 saturated carbocycles. The zero-order valence-electron chi connectivity index (χ0n) is 12.3. The van der Waals surface area contributed by atoms with E-state index in [0.717, 1.165) is 13.0 Å². The van der Waals surface area contributed by atoms with Crippen molar-refractivity contribution in [3.63, 3.8) is 0 Å². The summed E-state index contributed by atoms with van der Waals surface area (Å²) in [4.78, 5) is 16.9. The minimum Gasteiger partial charge on any atom is -0.354 e. The summed E-state index contributed by atoms with van der Waals surface area (Å²) < 4.78 is 0. The average molecular weight is 292 g/mol. The highest BCUT2D eigenvalue weighted by molar-refractivity contribution is 7.07. The highest BCUT2D eigenvalue weighted by atomic mass is 32.1. The maximum atomic E-state index is 4.40. The minimum atomic E-state index is 0.614. The van der Waals surface area contributed by atoms with Crippen molar-refractivity contribution in [3.8, 4) is 0 Å². The van der Waals surface area contributed by atoms with Crippen molar-refractivity contribution in [2.45, 2.75) is 6.42 Å². The van der Waals surface area contributed by atoms with E-state index in [9.17, 15) is 0 Å². The molecule has 1 N–H and O–H groups in total. The van der Waals surface area contributed by atoms with Crippen molar-refractivity contribution in [1.29, 1.82) is 0 Å². The van der Waals surface area contributed by atoms with Crippen LogP contribution in [0.25, 0.3) is 0 Å². The van der Waals surface area contributed by atoms with E-state index in [-0.39, 0.29) is 0 Å². The molecule has 20 heavy (non-hydrogen) atoms. The number of nitrogens with zero attached hydrogens (tertiary/aromatic N) is 5. The summed E-state index contributed by atoms with van der Waals surface area (Å²) in [6, 6.07) is 2.14. The fourth-order valence-corrected chi connectivity index (χ4v) is 2.29. The quantitative estimate of drug-likeness (QED) is 0.875. The molecule has 0 amide bonds. The number of thiophene rings is 1. The SMILES string of the molecule is CN(C)c1nc(NCCc2ccsc2)nc(N(C)C)n1. The van der Waals surface area contributed by atoms with Crippen molar-refractivity contribution in [1.82, 2.24) is 15.0 Å². The van der Waals surface area contributed by atoms with Gasteiger partial charge in [0.2, 0.25) is 17.8 Å². The first kappa shape index (κ1) is 14.5. The zero-order chi connectivity index (χ0) is 14.5. The van der Waals surface area contributed by atoms with Crippen LogP contribution in [0.2, 0.25) is 0 Å². The molecule has 2 aromatic rings. The van der Waals surface area contributed by atoms with Gasteiger partial charge in [-0.2, -0.15) is 26.3 Å².